The van der Waals surface area contributed by atoms with Gasteiger partial charge in [-0.3, -0.25) is 14.4 Å². The van der Waals surface area contributed by atoms with Gasteiger partial charge in [0.25, 0.3) is 0 Å². The summed E-state index contributed by atoms with van der Waals surface area (Å²) in [7, 11) is 0. The van der Waals surface area contributed by atoms with Gasteiger partial charge in [-0.1, -0.05) is 13.8 Å². The molecule has 0 aromatic carbocycles. The van der Waals surface area contributed by atoms with Crippen molar-refractivity contribution in [1.29, 1.82) is 0 Å². The first-order valence-corrected chi connectivity index (χ1v) is 5.82. The molecule has 3 N–H and O–H groups in total. The van der Waals surface area contributed by atoms with Crippen LogP contribution in [0.25, 0.3) is 0 Å². The summed E-state index contributed by atoms with van der Waals surface area (Å²) in [4.78, 5) is 36.2. The molecule has 0 heterocycles. The third-order valence-corrected chi connectivity index (χ3v) is 3.34. The summed E-state index contributed by atoms with van der Waals surface area (Å²) in [5.41, 5.74) is 2.31. The zero-order valence-electron chi connectivity index (χ0n) is 11.3. The van der Waals surface area contributed by atoms with E-state index in [-0.39, 0.29) is 5.57 Å². The Morgan fingerprint density at radius 1 is 1.22 bits per heavy atom. The lowest BCUT2D eigenvalue weighted by atomic mass is 9.66. The molecule has 5 heteroatoms. The summed E-state index contributed by atoms with van der Waals surface area (Å²) in [5, 5.41) is 10.1. The molecule has 0 unspecified atom stereocenters. The van der Waals surface area contributed by atoms with Gasteiger partial charge >= 0.3 is 0 Å². The predicted molar refractivity (Wildman–Crippen MR) is 65.9 cm³/mol. The SMILES string of the molecule is CC(C)C(=O)C1=C(O)C(C)(C)C(=O)[C@@](C)(N)C1=O. The lowest BCUT2D eigenvalue weighted by molar-refractivity contribution is -0.140. The molecule has 100 valence electrons. The van der Waals surface area contributed by atoms with Crippen LogP contribution in [-0.4, -0.2) is 28.0 Å². The molecular formula is C13H19NO4. The molecule has 18 heavy (non-hydrogen) atoms. The number of carbonyl (C=O) groups is 3. The Labute approximate surface area is 106 Å². The summed E-state index contributed by atoms with van der Waals surface area (Å²) in [5.74, 6) is -2.80. The number of hydrogen-bond acceptors (Lipinski definition) is 5. The maximum atomic E-state index is 12.1. The van der Waals surface area contributed by atoms with Crippen LogP contribution in [0, 0.1) is 11.3 Å². The van der Waals surface area contributed by atoms with Crippen molar-refractivity contribution >= 4 is 17.3 Å². The zero-order chi connectivity index (χ0) is 14.5. The van der Waals surface area contributed by atoms with Crippen molar-refractivity contribution in [3.8, 4) is 0 Å². The fraction of sp³-hybridized carbons (Fsp3) is 0.615. The molecule has 0 radical (unpaired) electrons. The minimum absolute atomic E-state index is 0.334. The van der Waals surface area contributed by atoms with E-state index in [2.05, 4.69) is 0 Å². The average Bonchev–Trinajstić information content (AvgIpc) is 2.25. The molecular weight excluding hydrogens is 234 g/mol. The van der Waals surface area contributed by atoms with Gasteiger partial charge in [0, 0.05) is 5.92 Å². The highest BCUT2D eigenvalue weighted by molar-refractivity contribution is 6.33. The van der Waals surface area contributed by atoms with Gasteiger partial charge in [-0.15, -0.1) is 0 Å². The van der Waals surface area contributed by atoms with Gasteiger partial charge in [-0.2, -0.15) is 0 Å². The van der Waals surface area contributed by atoms with Gasteiger partial charge in [0.15, 0.2) is 17.3 Å². The van der Waals surface area contributed by atoms with Gasteiger partial charge in [0.2, 0.25) is 0 Å². The molecule has 1 rings (SSSR count). The van der Waals surface area contributed by atoms with E-state index in [0.29, 0.717) is 0 Å². The van der Waals surface area contributed by atoms with Gasteiger partial charge in [0.05, 0.1) is 5.41 Å². The minimum Gasteiger partial charge on any atom is -0.510 e. The molecule has 5 nitrogen and oxygen atoms in total. The molecule has 1 aliphatic carbocycles. The normalized spacial score (nSPS) is 27.9. The first kappa shape index (κ1) is 14.6. The molecule has 1 atom stereocenters. The van der Waals surface area contributed by atoms with Crippen LogP contribution >= 0.6 is 0 Å². The van der Waals surface area contributed by atoms with Crippen molar-refractivity contribution in [3.63, 3.8) is 0 Å². The lowest BCUT2D eigenvalue weighted by Crippen LogP contribution is -2.62. The number of rotatable bonds is 2. The highest BCUT2D eigenvalue weighted by atomic mass is 16.3. The summed E-state index contributed by atoms with van der Waals surface area (Å²) in [6.45, 7) is 7.42. The van der Waals surface area contributed by atoms with E-state index in [1.54, 1.807) is 13.8 Å². The van der Waals surface area contributed by atoms with Crippen molar-refractivity contribution in [2.75, 3.05) is 0 Å². The maximum Gasteiger partial charge on any atom is 0.196 e. The minimum atomic E-state index is -1.77. The standard InChI is InChI=1S/C13H19NO4/c1-6(2)8(15)7-9(16)12(3,4)11(18)13(5,14)10(7)17/h6,16H,14H2,1-5H3/t13-/m0/s1. The molecule has 0 saturated heterocycles. The van der Waals surface area contributed by atoms with Crippen LogP contribution in [0.4, 0.5) is 0 Å². The third-order valence-electron chi connectivity index (χ3n) is 3.34. The smallest absolute Gasteiger partial charge is 0.196 e. The molecule has 0 aromatic rings. The highest BCUT2D eigenvalue weighted by Gasteiger charge is 2.55. The Balaban J connectivity index is 3.57. The van der Waals surface area contributed by atoms with E-state index in [1.807, 2.05) is 0 Å². The van der Waals surface area contributed by atoms with E-state index in [4.69, 9.17) is 5.73 Å². The molecule has 0 bridgehead atoms. The van der Waals surface area contributed by atoms with Crippen molar-refractivity contribution < 1.29 is 19.5 Å². The van der Waals surface area contributed by atoms with Crippen molar-refractivity contribution in [2.24, 2.45) is 17.1 Å². The van der Waals surface area contributed by atoms with Crippen LogP contribution in [0.3, 0.4) is 0 Å². The summed E-state index contributed by atoms with van der Waals surface area (Å²) >= 11 is 0. The Morgan fingerprint density at radius 3 is 2.06 bits per heavy atom. The largest absolute Gasteiger partial charge is 0.510 e. The van der Waals surface area contributed by atoms with Gasteiger partial charge in [-0.25, -0.2) is 0 Å². The third kappa shape index (κ3) is 1.79. The van der Waals surface area contributed by atoms with E-state index in [0.717, 1.165) is 0 Å². The second kappa shape index (κ2) is 4.02. The number of aliphatic hydroxyl groups excluding tert-OH is 1. The van der Waals surface area contributed by atoms with Gasteiger partial charge in [0.1, 0.15) is 16.9 Å². The summed E-state index contributed by atoms with van der Waals surface area (Å²) in [6, 6.07) is 0. The molecule has 0 amide bonds. The average molecular weight is 253 g/mol. The number of aliphatic hydroxyl groups is 1. The number of allylic oxidation sites excluding steroid dienone is 1. The van der Waals surface area contributed by atoms with Crippen LogP contribution in [0.2, 0.25) is 0 Å². The molecule has 0 aliphatic heterocycles. The molecule has 1 aliphatic rings. The fourth-order valence-corrected chi connectivity index (χ4v) is 2.06. The second-order valence-corrected chi connectivity index (χ2v) is 5.73. The zero-order valence-corrected chi connectivity index (χ0v) is 11.3. The number of Topliss-reactive ketones (excluding diaryl/α,β-unsaturated/α-hetero) is 3. The number of carbonyl (C=O) groups excluding carboxylic acids is 3. The van der Waals surface area contributed by atoms with Crippen molar-refractivity contribution in [1.82, 2.24) is 0 Å². The summed E-state index contributed by atoms with van der Waals surface area (Å²) < 4.78 is 0. The Kier molecular flexibility index (Phi) is 3.25. The van der Waals surface area contributed by atoms with Crippen LogP contribution in [0.5, 0.6) is 0 Å². The second-order valence-electron chi connectivity index (χ2n) is 5.73. The predicted octanol–water partition coefficient (Wildman–Crippen LogP) is 0.919. The summed E-state index contributed by atoms with van der Waals surface area (Å²) in [6.07, 6.45) is 0. The van der Waals surface area contributed by atoms with E-state index in [1.165, 1.54) is 20.8 Å². The molecule has 0 fully saturated rings. The topological polar surface area (TPSA) is 97.5 Å². The van der Waals surface area contributed by atoms with Crippen LogP contribution in [-0.2, 0) is 14.4 Å². The van der Waals surface area contributed by atoms with E-state index in [9.17, 15) is 19.5 Å². The Bertz CT molecular complexity index is 469. The first-order chi connectivity index (χ1) is 7.95. The fourth-order valence-electron chi connectivity index (χ4n) is 2.06. The van der Waals surface area contributed by atoms with Crippen LogP contribution < -0.4 is 5.73 Å². The molecule has 0 spiro atoms. The Hall–Kier alpha value is -1.49. The Morgan fingerprint density at radius 2 is 1.67 bits per heavy atom. The van der Waals surface area contributed by atoms with E-state index >= 15 is 0 Å². The van der Waals surface area contributed by atoms with Crippen molar-refractivity contribution in [2.45, 2.75) is 40.2 Å². The quantitative estimate of drug-likeness (QED) is 0.563. The highest BCUT2D eigenvalue weighted by Crippen LogP contribution is 2.38. The van der Waals surface area contributed by atoms with Crippen LogP contribution in [0.1, 0.15) is 34.6 Å². The molecule has 0 saturated carbocycles. The first-order valence-electron chi connectivity index (χ1n) is 5.82. The number of nitrogens with two attached hydrogens (primary N) is 1. The lowest BCUT2D eigenvalue weighted by Gasteiger charge is -2.37. The maximum absolute atomic E-state index is 12.1. The number of ketones is 3. The van der Waals surface area contributed by atoms with Crippen molar-refractivity contribution in [3.05, 3.63) is 11.3 Å². The van der Waals surface area contributed by atoms with Gasteiger partial charge in [-0.05, 0) is 20.8 Å². The number of hydrogen-bond donors (Lipinski definition) is 2. The monoisotopic (exact) mass is 253 g/mol. The van der Waals surface area contributed by atoms with E-state index < -0.39 is 40.0 Å². The van der Waals surface area contributed by atoms with Crippen LogP contribution in [0.15, 0.2) is 11.3 Å². The van der Waals surface area contributed by atoms with Gasteiger partial charge < -0.3 is 10.8 Å². The molecule has 0 aromatic heterocycles.